The van der Waals surface area contributed by atoms with Gasteiger partial charge in [-0.1, -0.05) is 43.5 Å². The third-order valence-electron chi connectivity index (χ3n) is 2.87. The molecular weight excluding hydrogens is 222 g/mol. The number of aryl methyl sites for hydroxylation is 1. The Bertz CT molecular complexity index is 320. The minimum absolute atomic E-state index is 0.389. The number of aliphatic hydroxyl groups is 1. The van der Waals surface area contributed by atoms with Crippen molar-refractivity contribution in [1.29, 1.82) is 0 Å². The molecule has 0 aliphatic heterocycles. The molecule has 0 radical (unpaired) electrons. The Morgan fingerprint density at radius 1 is 1.44 bits per heavy atom. The lowest BCUT2D eigenvalue weighted by molar-refractivity contribution is 0.132. The number of halogens is 1. The summed E-state index contributed by atoms with van der Waals surface area (Å²) in [6.45, 7) is 4.06. The zero-order valence-corrected chi connectivity index (χ0v) is 10.7. The van der Waals surface area contributed by atoms with Crippen LogP contribution in [0.4, 0.5) is 0 Å². The summed E-state index contributed by atoms with van der Waals surface area (Å²) in [6, 6.07) is 5.29. The van der Waals surface area contributed by atoms with Crippen molar-refractivity contribution < 1.29 is 5.11 Å². The van der Waals surface area contributed by atoms with Crippen LogP contribution in [0.15, 0.2) is 18.2 Å². The van der Waals surface area contributed by atoms with Crippen LogP contribution in [0.1, 0.15) is 43.4 Å². The average Bonchev–Trinajstić information content (AvgIpc) is 2.25. The molecule has 0 fully saturated rings. The standard InChI is InChI=1S/C13H20ClNO/c1-3-4-8-11(16)13(15)12-9(2)6-5-7-10(12)14/h5-7,11,13,16H,3-4,8,15H2,1-2H3/t11-,13-/m1/s1. The molecule has 0 saturated carbocycles. The van der Waals surface area contributed by atoms with E-state index >= 15 is 0 Å². The van der Waals surface area contributed by atoms with Crippen molar-refractivity contribution in [2.24, 2.45) is 5.73 Å². The zero-order chi connectivity index (χ0) is 12.1. The highest BCUT2D eigenvalue weighted by molar-refractivity contribution is 6.31. The van der Waals surface area contributed by atoms with Crippen molar-refractivity contribution in [2.75, 3.05) is 0 Å². The number of hydrogen-bond acceptors (Lipinski definition) is 2. The van der Waals surface area contributed by atoms with Crippen LogP contribution in [0.5, 0.6) is 0 Å². The summed E-state index contributed by atoms with van der Waals surface area (Å²) in [6.07, 6.45) is 2.25. The predicted octanol–water partition coefficient (Wildman–Crippen LogP) is 3.20. The summed E-state index contributed by atoms with van der Waals surface area (Å²) in [5, 5.41) is 10.6. The highest BCUT2D eigenvalue weighted by Crippen LogP contribution is 2.28. The molecule has 0 aliphatic carbocycles. The van der Waals surface area contributed by atoms with Crippen molar-refractivity contribution in [2.45, 2.75) is 45.3 Å². The Hall–Kier alpha value is -0.570. The van der Waals surface area contributed by atoms with Crippen molar-refractivity contribution in [3.05, 3.63) is 34.3 Å². The largest absolute Gasteiger partial charge is 0.391 e. The summed E-state index contributed by atoms with van der Waals surface area (Å²) in [5.74, 6) is 0. The van der Waals surface area contributed by atoms with Gasteiger partial charge in [0.1, 0.15) is 0 Å². The van der Waals surface area contributed by atoms with Crippen LogP contribution < -0.4 is 5.73 Å². The van der Waals surface area contributed by atoms with E-state index in [1.807, 2.05) is 25.1 Å². The van der Waals surface area contributed by atoms with Gasteiger partial charge in [0.25, 0.3) is 0 Å². The Morgan fingerprint density at radius 3 is 2.69 bits per heavy atom. The lowest BCUT2D eigenvalue weighted by Crippen LogP contribution is -2.27. The van der Waals surface area contributed by atoms with Crippen molar-refractivity contribution in [3.8, 4) is 0 Å². The molecule has 2 atom stereocenters. The maximum absolute atomic E-state index is 9.97. The monoisotopic (exact) mass is 241 g/mol. The van der Waals surface area contributed by atoms with Gasteiger partial charge in [0.05, 0.1) is 12.1 Å². The quantitative estimate of drug-likeness (QED) is 0.832. The van der Waals surface area contributed by atoms with Gasteiger partial charge in [-0.25, -0.2) is 0 Å². The molecule has 0 aliphatic rings. The Labute approximate surface area is 102 Å². The second-order valence-corrected chi connectivity index (χ2v) is 4.61. The second kappa shape index (κ2) is 6.24. The van der Waals surface area contributed by atoms with Crippen molar-refractivity contribution >= 4 is 11.6 Å². The van der Waals surface area contributed by atoms with Gasteiger partial charge in [-0.3, -0.25) is 0 Å². The Balaban J connectivity index is 2.82. The summed E-state index contributed by atoms with van der Waals surface area (Å²) in [7, 11) is 0. The molecule has 1 aromatic rings. The molecule has 0 aromatic heterocycles. The van der Waals surface area contributed by atoms with E-state index in [0.29, 0.717) is 5.02 Å². The molecule has 1 rings (SSSR count). The highest BCUT2D eigenvalue weighted by atomic mass is 35.5. The summed E-state index contributed by atoms with van der Waals surface area (Å²) < 4.78 is 0. The van der Waals surface area contributed by atoms with E-state index in [4.69, 9.17) is 17.3 Å². The lowest BCUT2D eigenvalue weighted by Gasteiger charge is -2.21. The van der Waals surface area contributed by atoms with Gasteiger partial charge in [0.2, 0.25) is 0 Å². The molecule has 1 aromatic carbocycles. The van der Waals surface area contributed by atoms with Gasteiger partial charge in [0.15, 0.2) is 0 Å². The number of hydrogen-bond donors (Lipinski definition) is 2. The maximum atomic E-state index is 9.97. The first-order valence-electron chi connectivity index (χ1n) is 5.76. The molecule has 0 amide bonds. The minimum atomic E-state index is -0.515. The molecule has 3 N–H and O–H groups in total. The number of rotatable bonds is 5. The molecule has 0 spiro atoms. The maximum Gasteiger partial charge on any atom is 0.0733 e. The second-order valence-electron chi connectivity index (χ2n) is 4.21. The number of nitrogens with two attached hydrogens (primary N) is 1. The molecule has 16 heavy (non-hydrogen) atoms. The van der Waals surface area contributed by atoms with Crippen LogP contribution in [0.2, 0.25) is 5.02 Å². The lowest BCUT2D eigenvalue weighted by atomic mass is 9.95. The van der Waals surface area contributed by atoms with Crippen molar-refractivity contribution in [3.63, 3.8) is 0 Å². The summed E-state index contributed by atoms with van der Waals surface area (Å²) in [4.78, 5) is 0. The number of benzene rings is 1. The van der Waals surface area contributed by atoms with Crippen molar-refractivity contribution in [1.82, 2.24) is 0 Å². The van der Waals surface area contributed by atoms with E-state index in [1.165, 1.54) is 0 Å². The van der Waals surface area contributed by atoms with Crippen LogP contribution in [0, 0.1) is 6.92 Å². The smallest absolute Gasteiger partial charge is 0.0733 e. The molecule has 0 unspecified atom stereocenters. The Morgan fingerprint density at radius 2 is 2.12 bits per heavy atom. The van der Waals surface area contributed by atoms with Gasteiger partial charge < -0.3 is 10.8 Å². The van der Waals surface area contributed by atoms with E-state index in [9.17, 15) is 5.11 Å². The van der Waals surface area contributed by atoms with Gasteiger partial charge >= 0.3 is 0 Å². The summed E-state index contributed by atoms with van der Waals surface area (Å²) in [5.41, 5.74) is 7.95. The SMILES string of the molecule is CCCC[C@@H](O)[C@@H](N)c1c(C)cccc1Cl. The van der Waals surface area contributed by atoms with E-state index < -0.39 is 6.10 Å². The normalized spacial score (nSPS) is 14.8. The topological polar surface area (TPSA) is 46.2 Å². The van der Waals surface area contributed by atoms with Crippen LogP contribution in [0.3, 0.4) is 0 Å². The minimum Gasteiger partial charge on any atom is -0.391 e. The molecule has 0 heterocycles. The molecule has 2 nitrogen and oxygen atoms in total. The van der Waals surface area contributed by atoms with E-state index in [2.05, 4.69) is 6.92 Å². The van der Waals surface area contributed by atoms with Crippen LogP contribution in [-0.2, 0) is 0 Å². The van der Waals surface area contributed by atoms with E-state index in [0.717, 1.165) is 30.4 Å². The third-order valence-corrected chi connectivity index (χ3v) is 3.20. The molecule has 0 bridgehead atoms. The molecular formula is C13H20ClNO. The van der Waals surface area contributed by atoms with E-state index in [-0.39, 0.29) is 6.04 Å². The number of unbranched alkanes of at least 4 members (excludes halogenated alkanes) is 1. The fraction of sp³-hybridized carbons (Fsp3) is 0.538. The highest BCUT2D eigenvalue weighted by Gasteiger charge is 2.20. The van der Waals surface area contributed by atoms with Gasteiger partial charge in [-0.15, -0.1) is 0 Å². The molecule has 0 saturated heterocycles. The average molecular weight is 242 g/mol. The molecule has 3 heteroatoms. The summed E-state index contributed by atoms with van der Waals surface area (Å²) >= 11 is 6.11. The van der Waals surface area contributed by atoms with E-state index in [1.54, 1.807) is 0 Å². The zero-order valence-electron chi connectivity index (χ0n) is 9.91. The van der Waals surface area contributed by atoms with Crippen LogP contribution in [-0.4, -0.2) is 11.2 Å². The number of aliphatic hydroxyl groups excluding tert-OH is 1. The first-order chi connectivity index (χ1) is 7.57. The third kappa shape index (κ3) is 3.21. The van der Waals surface area contributed by atoms with Crippen LogP contribution >= 0.6 is 11.6 Å². The van der Waals surface area contributed by atoms with Gasteiger partial charge in [-0.05, 0) is 30.5 Å². The predicted molar refractivity (Wildman–Crippen MR) is 68.6 cm³/mol. The Kier molecular flexibility index (Phi) is 5.26. The first kappa shape index (κ1) is 13.5. The molecule has 90 valence electrons. The van der Waals surface area contributed by atoms with Crippen LogP contribution in [0.25, 0.3) is 0 Å². The fourth-order valence-corrected chi connectivity index (χ4v) is 2.20. The first-order valence-corrected chi connectivity index (χ1v) is 6.14. The fourth-order valence-electron chi connectivity index (χ4n) is 1.85. The van der Waals surface area contributed by atoms with Gasteiger partial charge in [-0.2, -0.15) is 0 Å². The van der Waals surface area contributed by atoms with Gasteiger partial charge in [0, 0.05) is 5.02 Å².